The molecule has 0 aliphatic heterocycles. The summed E-state index contributed by atoms with van der Waals surface area (Å²) in [6.07, 6.45) is 0. The molecule has 2 aromatic carbocycles. The van der Waals surface area contributed by atoms with Crippen LogP contribution in [0.15, 0.2) is 42.5 Å². The van der Waals surface area contributed by atoms with Crippen LogP contribution in [0.2, 0.25) is 5.02 Å². The maximum absolute atomic E-state index is 12.0. The Hall–Kier alpha value is -2.40. The fourth-order valence-electron chi connectivity index (χ4n) is 1.85. The van der Waals surface area contributed by atoms with Crippen molar-refractivity contribution in [1.82, 2.24) is 0 Å². The molecule has 0 saturated carbocycles. The highest BCUT2D eigenvalue weighted by Gasteiger charge is 2.18. The van der Waals surface area contributed by atoms with E-state index in [0.29, 0.717) is 10.6 Å². The zero-order valence-electron chi connectivity index (χ0n) is 11.2. The minimum atomic E-state index is -0.592. The number of nitrogens with zero attached hydrogens (tertiary/aromatic N) is 1. The Morgan fingerprint density at radius 1 is 1.24 bits per heavy atom. The summed E-state index contributed by atoms with van der Waals surface area (Å²) in [5.41, 5.74) is 1.17. The van der Waals surface area contributed by atoms with Crippen molar-refractivity contribution in [3.63, 3.8) is 0 Å². The van der Waals surface area contributed by atoms with Crippen molar-refractivity contribution < 1.29 is 14.5 Å². The highest BCUT2D eigenvalue weighted by atomic mass is 35.5. The van der Waals surface area contributed by atoms with E-state index in [-0.39, 0.29) is 17.9 Å². The van der Waals surface area contributed by atoms with E-state index in [1.807, 2.05) is 0 Å². The fourth-order valence-corrected chi connectivity index (χ4v) is 1.98. The first-order valence-corrected chi connectivity index (χ1v) is 6.52. The second kappa shape index (κ2) is 6.37. The molecule has 0 bridgehead atoms. The molecule has 0 aliphatic rings. The molecule has 0 unspecified atom stereocenters. The minimum absolute atomic E-state index is 0.0815. The molecule has 0 radical (unpaired) electrons. The van der Waals surface area contributed by atoms with Gasteiger partial charge in [-0.2, -0.15) is 0 Å². The molecule has 6 heteroatoms. The number of carbonyl (C=O) groups excluding carboxylic acids is 1. The topological polar surface area (TPSA) is 69.4 Å². The van der Waals surface area contributed by atoms with Crippen molar-refractivity contribution in [2.75, 3.05) is 0 Å². The van der Waals surface area contributed by atoms with E-state index >= 15 is 0 Å². The van der Waals surface area contributed by atoms with Gasteiger partial charge in [-0.25, -0.2) is 4.79 Å². The fraction of sp³-hybridized carbons (Fsp3) is 0.133. The molecule has 2 rings (SSSR count). The van der Waals surface area contributed by atoms with E-state index in [1.165, 1.54) is 25.1 Å². The van der Waals surface area contributed by atoms with Crippen LogP contribution in [0.4, 0.5) is 5.69 Å². The van der Waals surface area contributed by atoms with Crippen LogP contribution in [0.5, 0.6) is 0 Å². The second-order valence-corrected chi connectivity index (χ2v) is 4.85. The molecular weight excluding hydrogens is 294 g/mol. The van der Waals surface area contributed by atoms with Crippen LogP contribution < -0.4 is 0 Å². The van der Waals surface area contributed by atoms with E-state index < -0.39 is 10.9 Å². The number of carbonyl (C=O) groups is 1. The van der Waals surface area contributed by atoms with Gasteiger partial charge in [-0.15, -0.1) is 0 Å². The molecule has 0 aromatic heterocycles. The monoisotopic (exact) mass is 305 g/mol. The number of ether oxygens (including phenoxy) is 1. The van der Waals surface area contributed by atoms with E-state index in [9.17, 15) is 14.9 Å². The minimum Gasteiger partial charge on any atom is -0.457 e. The van der Waals surface area contributed by atoms with Crippen molar-refractivity contribution in [3.8, 4) is 0 Å². The van der Waals surface area contributed by atoms with Gasteiger partial charge in [0.2, 0.25) is 0 Å². The normalized spacial score (nSPS) is 10.2. The van der Waals surface area contributed by atoms with E-state index in [0.717, 1.165) is 5.56 Å². The molecule has 2 aromatic rings. The summed E-state index contributed by atoms with van der Waals surface area (Å²) in [6.45, 7) is 1.61. The lowest BCUT2D eigenvalue weighted by Crippen LogP contribution is -2.08. The first-order chi connectivity index (χ1) is 9.99. The zero-order valence-corrected chi connectivity index (χ0v) is 12.0. The molecule has 0 atom stereocenters. The first-order valence-electron chi connectivity index (χ1n) is 6.14. The van der Waals surface area contributed by atoms with Gasteiger partial charge in [-0.3, -0.25) is 10.1 Å². The Bertz CT molecular complexity index is 683. The molecule has 5 nitrogen and oxygen atoms in total. The van der Waals surface area contributed by atoms with Crippen LogP contribution in [0.25, 0.3) is 0 Å². The predicted octanol–water partition coefficient (Wildman–Crippen LogP) is 3.91. The Morgan fingerprint density at radius 3 is 2.52 bits per heavy atom. The maximum Gasteiger partial charge on any atom is 0.338 e. The van der Waals surface area contributed by atoms with E-state index in [4.69, 9.17) is 16.3 Å². The lowest BCUT2D eigenvalue weighted by Gasteiger charge is -2.07. The third-order valence-electron chi connectivity index (χ3n) is 3.01. The molecular formula is C15H12ClNO4. The smallest absolute Gasteiger partial charge is 0.338 e. The molecule has 0 saturated heterocycles. The van der Waals surface area contributed by atoms with Crippen LogP contribution in [-0.4, -0.2) is 10.9 Å². The van der Waals surface area contributed by atoms with Crippen LogP contribution in [-0.2, 0) is 11.3 Å². The van der Waals surface area contributed by atoms with Crippen LogP contribution >= 0.6 is 11.6 Å². The zero-order chi connectivity index (χ0) is 15.4. The summed E-state index contributed by atoms with van der Waals surface area (Å²) in [6, 6.07) is 11.2. The Labute approximate surface area is 126 Å². The van der Waals surface area contributed by atoms with Crippen molar-refractivity contribution in [2.45, 2.75) is 13.5 Å². The van der Waals surface area contributed by atoms with Crippen LogP contribution in [0, 0.1) is 17.0 Å². The molecule has 0 fully saturated rings. The summed E-state index contributed by atoms with van der Waals surface area (Å²) < 4.78 is 5.16. The molecule has 0 N–H and O–H groups in total. The number of halogens is 1. The third kappa shape index (κ3) is 3.58. The van der Waals surface area contributed by atoms with Gasteiger partial charge in [0.05, 0.1) is 10.5 Å². The van der Waals surface area contributed by atoms with Crippen molar-refractivity contribution in [3.05, 3.63) is 74.3 Å². The van der Waals surface area contributed by atoms with Gasteiger partial charge in [0, 0.05) is 16.7 Å². The number of esters is 1. The molecule has 0 aliphatic carbocycles. The number of rotatable bonds is 4. The van der Waals surface area contributed by atoms with Gasteiger partial charge in [0.1, 0.15) is 6.61 Å². The summed E-state index contributed by atoms with van der Waals surface area (Å²) in [7, 11) is 0. The van der Waals surface area contributed by atoms with Gasteiger partial charge in [0.15, 0.2) is 0 Å². The Balaban J connectivity index is 2.12. The number of hydrogen-bond donors (Lipinski definition) is 0. The van der Waals surface area contributed by atoms with E-state index in [2.05, 4.69) is 0 Å². The van der Waals surface area contributed by atoms with Gasteiger partial charge in [-0.1, -0.05) is 29.8 Å². The lowest BCUT2D eigenvalue weighted by molar-refractivity contribution is -0.385. The summed E-state index contributed by atoms with van der Waals surface area (Å²) in [5.74, 6) is -0.592. The van der Waals surface area contributed by atoms with Crippen molar-refractivity contribution in [1.29, 1.82) is 0 Å². The number of benzene rings is 2. The molecule has 0 amide bonds. The Kier molecular flexibility index (Phi) is 4.55. The molecule has 0 heterocycles. The highest BCUT2D eigenvalue weighted by Crippen LogP contribution is 2.22. The number of nitro groups is 1. The SMILES string of the molecule is Cc1c(C(=O)OCc2ccc(Cl)cc2)cccc1[N+](=O)[O-]. The summed E-state index contributed by atoms with van der Waals surface area (Å²) in [4.78, 5) is 22.3. The number of hydrogen-bond acceptors (Lipinski definition) is 4. The van der Waals surface area contributed by atoms with Gasteiger partial charge < -0.3 is 4.74 Å². The molecule has 108 valence electrons. The lowest BCUT2D eigenvalue weighted by atomic mass is 10.1. The summed E-state index contributed by atoms with van der Waals surface area (Å²) >= 11 is 5.77. The third-order valence-corrected chi connectivity index (χ3v) is 3.26. The highest BCUT2D eigenvalue weighted by molar-refractivity contribution is 6.30. The first kappa shape index (κ1) is 15.0. The van der Waals surface area contributed by atoms with Crippen LogP contribution in [0.1, 0.15) is 21.5 Å². The average Bonchev–Trinajstić information content (AvgIpc) is 2.46. The molecule has 0 spiro atoms. The van der Waals surface area contributed by atoms with Crippen molar-refractivity contribution >= 4 is 23.3 Å². The molecule has 21 heavy (non-hydrogen) atoms. The number of nitro benzene ring substituents is 1. The van der Waals surface area contributed by atoms with Crippen LogP contribution in [0.3, 0.4) is 0 Å². The maximum atomic E-state index is 12.0. The second-order valence-electron chi connectivity index (χ2n) is 4.41. The largest absolute Gasteiger partial charge is 0.457 e. The van der Waals surface area contributed by atoms with Gasteiger partial charge >= 0.3 is 5.97 Å². The quantitative estimate of drug-likeness (QED) is 0.488. The van der Waals surface area contributed by atoms with Gasteiger partial charge in [-0.05, 0) is 30.7 Å². The Morgan fingerprint density at radius 2 is 1.90 bits per heavy atom. The van der Waals surface area contributed by atoms with E-state index in [1.54, 1.807) is 24.3 Å². The van der Waals surface area contributed by atoms with Gasteiger partial charge in [0.25, 0.3) is 5.69 Å². The standard InChI is InChI=1S/C15H12ClNO4/c1-10-13(3-2-4-14(10)17(19)20)15(18)21-9-11-5-7-12(16)8-6-11/h2-8H,9H2,1H3. The van der Waals surface area contributed by atoms with Crippen molar-refractivity contribution in [2.24, 2.45) is 0 Å². The predicted molar refractivity (Wildman–Crippen MR) is 78.4 cm³/mol. The summed E-state index contributed by atoms with van der Waals surface area (Å²) in [5, 5.41) is 11.4. The average molecular weight is 306 g/mol.